The van der Waals surface area contributed by atoms with Crippen LogP contribution in [0.5, 0.6) is 0 Å². The van der Waals surface area contributed by atoms with Gasteiger partial charge >= 0.3 is 5.97 Å². The van der Waals surface area contributed by atoms with E-state index in [4.69, 9.17) is 5.11 Å². The van der Waals surface area contributed by atoms with E-state index < -0.39 is 13.1 Å². The molecule has 0 spiro atoms. The quantitative estimate of drug-likeness (QED) is 0.687. The fraction of sp³-hybridized carbons (Fsp3) is 0. The Bertz CT molecular complexity index is 604. The van der Waals surface area contributed by atoms with Crippen LogP contribution in [0.2, 0.25) is 0 Å². The minimum absolute atomic E-state index is 0.273. The third-order valence-electron chi connectivity index (χ3n) is 2.87. The minimum Gasteiger partial charge on any atom is -0.478 e. The standard InChI is InChI=1S/C15H13O3P/c1-12(15(16)17)19(18,13-8-4-2-5-9-13)14-10-6-3-7-11-14/h2-11H,1H2,(H,16,17). The highest BCUT2D eigenvalue weighted by molar-refractivity contribution is 7.83. The van der Waals surface area contributed by atoms with Gasteiger partial charge in [0.05, 0.1) is 5.31 Å². The lowest BCUT2D eigenvalue weighted by molar-refractivity contribution is -0.131. The van der Waals surface area contributed by atoms with Crippen molar-refractivity contribution >= 4 is 23.7 Å². The molecule has 0 atom stereocenters. The largest absolute Gasteiger partial charge is 0.478 e. The number of carbonyl (C=O) groups is 1. The Balaban J connectivity index is 2.68. The van der Waals surface area contributed by atoms with E-state index in [2.05, 4.69) is 6.58 Å². The van der Waals surface area contributed by atoms with E-state index in [1.807, 2.05) is 0 Å². The molecular formula is C15H13O3P. The highest BCUT2D eigenvalue weighted by Crippen LogP contribution is 2.50. The van der Waals surface area contributed by atoms with Gasteiger partial charge in [0.1, 0.15) is 0 Å². The lowest BCUT2D eigenvalue weighted by Crippen LogP contribution is -2.20. The zero-order valence-electron chi connectivity index (χ0n) is 10.2. The molecule has 2 aromatic rings. The van der Waals surface area contributed by atoms with Gasteiger partial charge in [-0.25, -0.2) is 4.79 Å². The van der Waals surface area contributed by atoms with E-state index in [1.165, 1.54) is 0 Å². The molecule has 0 amide bonds. The van der Waals surface area contributed by atoms with Crippen LogP contribution in [-0.4, -0.2) is 11.1 Å². The van der Waals surface area contributed by atoms with Gasteiger partial charge in [-0.15, -0.1) is 0 Å². The molecule has 2 rings (SSSR count). The molecule has 0 saturated heterocycles. The highest BCUT2D eigenvalue weighted by atomic mass is 31.2. The Morgan fingerprint density at radius 1 is 0.895 bits per heavy atom. The van der Waals surface area contributed by atoms with Crippen molar-refractivity contribution in [2.75, 3.05) is 0 Å². The van der Waals surface area contributed by atoms with Crippen LogP contribution in [0.4, 0.5) is 0 Å². The first-order chi connectivity index (χ1) is 9.06. The Morgan fingerprint density at radius 2 is 1.26 bits per heavy atom. The van der Waals surface area contributed by atoms with Crippen LogP contribution in [-0.2, 0) is 9.36 Å². The monoisotopic (exact) mass is 272 g/mol. The molecule has 0 aliphatic rings. The molecule has 2 aromatic carbocycles. The van der Waals surface area contributed by atoms with E-state index in [0.717, 1.165) is 0 Å². The summed E-state index contributed by atoms with van der Waals surface area (Å²) in [5, 5.41) is 9.86. The molecule has 3 nitrogen and oxygen atoms in total. The van der Waals surface area contributed by atoms with Crippen LogP contribution >= 0.6 is 7.14 Å². The molecule has 4 heteroatoms. The zero-order chi connectivity index (χ0) is 13.9. The van der Waals surface area contributed by atoms with Crippen LogP contribution in [0.1, 0.15) is 0 Å². The number of aliphatic carboxylic acids is 1. The van der Waals surface area contributed by atoms with Crippen LogP contribution in [0.15, 0.2) is 72.6 Å². The minimum atomic E-state index is -3.37. The van der Waals surface area contributed by atoms with Gasteiger partial charge in [-0.05, 0) is 0 Å². The van der Waals surface area contributed by atoms with E-state index >= 15 is 0 Å². The fourth-order valence-corrected chi connectivity index (χ4v) is 4.25. The summed E-state index contributed by atoms with van der Waals surface area (Å²) < 4.78 is 13.3. The van der Waals surface area contributed by atoms with Crippen molar-refractivity contribution in [3.8, 4) is 0 Å². The third-order valence-corrected chi connectivity index (χ3v) is 5.87. The summed E-state index contributed by atoms with van der Waals surface area (Å²) in [5.74, 6) is -1.24. The molecule has 96 valence electrons. The van der Waals surface area contributed by atoms with Gasteiger partial charge in [-0.1, -0.05) is 67.2 Å². The number of carboxylic acid groups (broad SMARTS) is 1. The first-order valence-corrected chi connectivity index (χ1v) is 7.41. The molecule has 0 radical (unpaired) electrons. The Labute approximate surface area is 111 Å². The summed E-state index contributed by atoms with van der Waals surface area (Å²) in [6.45, 7) is 3.52. The predicted molar refractivity (Wildman–Crippen MR) is 76.5 cm³/mol. The maximum absolute atomic E-state index is 13.3. The average molecular weight is 272 g/mol. The van der Waals surface area contributed by atoms with Crippen molar-refractivity contribution in [1.82, 2.24) is 0 Å². The van der Waals surface area contributed by atoms with Crippen molar-refractivity contribution < 1.29 is 14.5 Å². The van der Waals surface area contributed by atoms with Gasteiger partial charge in [-0.2, -0.15) is 0 Å². The molecule has 19 heavy (non-hydrogen) atoms. The summed E-state index contributed by atoms with van der Waals surface area (Å²) in [7, 11) is -3.37. The average Bonchev–Trinajstić information content (AvgIpc) is 2.47. The zero-order valence-corrected chi connectivity index (χ0v) is 11.1. The lowest BCUT2D eigenvalue weighted by Gasteiger charge is -2.19. The van der Waals surface area contributed by atoms with E-state index in [9.17, 15) is 9.36 Å². The SMILES string of the molecule is C=C(C(=O)O)P(=O)(c1ccccc1)c1ccccc1. The second kappa shape index (κ2) is 5.25. The molecule has 0 fully saturated rings. The molecule has 0 aliphatic heterocycles. The van der Waals surface area contributed by atoms with Gasteiger partial charge in [0.25, 0.3) is 0 Å². The number of benzene rings is 2. The van der Waals surface area contributed by atoms with Crippen LogP contribution < -0.4 is 10.6 Å². The smallest absolute Gasteiger partial charge is 0.339 e. The van der Waals surface area contributed by atoms with E-state index in [-0.39, 0.29) is 5.31 Å². The topological polar surface area (TPSA) is 54.4 Å². The van der Waals surface area contributed by atoms with Crippen LogP contribution in [0.25, 0.3) is 0 Å². The second-order valence-corrected chi connectivity index (χ2v) is 6.82. The lowest BCUT2D eigenvalue weighted by atomic mass is 10.4. The third kappa shape index (κ3) is 2.38. The summed E-state index contributed by atoms with van der Waals surface area (Å²) in [6.07, 6.45) is 0. The predicted octanol–water partition coefficient (Wildman–Crippen LogP) is 2.60. The van der Waals surface area contributed by atoms with Gasteiger partial charge < -0.3 is 9.67 Å². The first kappa shape index (κ1) is 13.3. The van der Waals surface area contributed by atoms with Crippen molar-refractivity contribution in [3.05, 3.63) is 72.6 Å². The van der Waals surface area contributed by atoms with E-state index in [0.29, 0.717) is 10.6 Å². The second-order valence-electron chi connectivity index (χ2n) is 4.03. The summed E-state index contributed by atoms with van der Waals surface area (Å²) >= 11 is 0. The van der Waals surface area contributed by atoms with Crippen molar-refractivity contribution in [3.63, 3.8) is 0 Å². The van der Waals surface area contributed by atoms with Gasteiger partial charge in [0, 0.05) is 10.6 Å². The Hall–Kier alpha value is -2.12. The summed E-state index contributed by atoms with van der Waals surface area (Å²) in [6, 6.07) is 17.2. The molecule has 0 heterocycles. The molecular weight excluding hydrogens is 259 g/mol. The van der Waals surface area contributed by atoms with E-state index in [1.54, 1.807) is 60.7 Å². The fourth-order valence-electron chi connectivity index (χ4n) is 1.87. The number of rotatable bonds is 4. The van der Waals surface area contributed by atoms with Gasteiger partial charge in [-0.3, -0.25) is 0 Å². The first-order valence-electron chi connectivity index (χ1n) is 5.71. The van der Waals surface area contributed by atoms with Gasteiger partial charge in [0.2, 0.25) is 0 Å². The Morgan fingerprint density at radius 3 is 1.58 bits per heavy atom. The number of hydrogen-bond donors (Lipinski definition) is 1. The molecule has 0 aliphatic carbocycles. The molecule has 1 N–H and O–H groups in total. The maximum atomic E-state index is 13.3. The van der Waals surface area contributed by atoms with Crippen molar-refractivity contribution in [2.45, 2.75) is 0 Å². The summed E-state index contributed by atoms with van der Waals surface area (Å²) in [5.41, 5.74) is 0. The molecule has 0 aromatic heterocycles. The number of carboxylic acids is 1. The van der Waals surface area contributed by atoms with Gasteiger partial charge in [0.15, 0.2) is 7.14 Å². The summed E-state index contributed by atoms with van der Waals surface area (Å²) in [4.78, 5) is 11.2. The van der Waals surface area contributed by atoms with Crippen LogP contribution in [0, 0.1) is 0 Å². The molecule has 0 bridgehead atoms. The normalized spacial score (nSPS) is 10.9. The van der Waals surface area contributed by atoms with Crippen molar-refractivity contribution in [2.24, 2.45) is 0 Å². The highest BCUT2D eigenvalue weighted by Gasteiger charge is 2.34. The number of hydrogen-bond acceptors (Lipinski definition) is 2. The van der Waals surface area contributed by atoms with Crippen LogP contribution in [0.3, 0.4) is 0 Å². The maximum Gasteiger partial charge on any atom is 0.339 e. The molecule has 0 unspecified atom stereocenters. The molecule has 0 saturated carbocycles. The van der Waals surface area contributed by atoms with Crippen molar-refractivity contribution in [1.29, 1.82) is 0 Å². The Kier molecular flexibility index (Phi) is 3.68.